The van der Waals surface area contributed by atoms with Crippen LogP contribution in [0.1, 0.15) is 5.69 Å². The van der Waals surface area contributed by atoms with Crippen molar-refractivity contribution in [1.29, 1.82) is 0 Å². The topological polar surface area (TPSA) is 80.0 Å². The SMILES string of the molecule is Cc1nn(-c2ccc(NC(=O)O)cn2)cc1Br. The first-order valence-electron chi connectivity index (χ1n) is 4.74. The maximum absolute atomic E-state index is 10.4. The average molecular weight is 297 g/mol. The van der Waals surface area contributed by atoms with Crippen molar-refractivity contribution in [2.75, 3.05) is 5.32 Å². The van der Waals surface area contributed by atoms with Gasteiger partial charge in [0, 0.05) is 6.20 Å². The summed E-state index contributed by atoms with van der Waals surface area (Å²) in [5.74, 6) is 0.620. The van der Waals surface area contributed by atoms with Crippen LogP contribution in [0.4, 0.5) is 10.5 Å². The van der Waals surface area contributed by atoms with Gasteiger partial charge in [0.1, 0.15) is 0 Å². The standard InChI is InChI=1S/C10H9BrN4O2/c1-6-8(11)5-15(14-6)9-3-2-7(4-12-9)13-10(16)17/h2-5,13H,1H3,(H,16,17). The van der Waals surface area contributed by atoms with Gasteiger partial charge in [0.15, 0.2) is 5.82 Å². The molecule has 0 spiro atoms. The van der Waals surface area contributed by atoms with Crippen molar-refractivity contribution in [1.82, 2.24) is 14.8 Å². The molecule has 17 heavy (non-hydrogen) atoms. The molecule has 7 heteroatoms. The van der Waals surface area contributed by atoms with Crippen LogP contribution in [0.15, 0.2) is 29.0 Å². The number of amides is 1. The van der Waals surface area contributed by atoms with Gasteiger partial charge in [-0.1, -0.05) is 0 Å². The molecular weight excluding hydrogens is 288 g/mol. The molecule has 0 aliphatic heterocycles. The molecule has 0 aliphatic rings. The van der Waals surface area contributed by atoms with E-state index in [1.54, 1.807) is 23.0 Å². The summed E-state index contributed by atoms with van der Waals surface area (Å²) < 4.78 is 2.51. The minimum atomic E-state index is -1.11. The predicted octanol–water partition coefficient (Wildman–Crippen LogP) is 2.43. The summed E-state index contributed by atoms with van der Waals surface area (Å²) in [5.41, 5.74) is 1.28. The van der Waals surface area contributed by atoms with E-state index in [0.29, 0.717) is 11.5 Å². The largest absolute Gasteiger partial charge is 0.465 e. The number of rotatable bonds is 2. The number of carbonyl (C=O) groups is 1. The monoisotopic (exact) mass is 296 g/mol. The number of aromatic nitrogens is 3. The minimum absolute atomic E-state index is 0.421. The molecule has 0 unspecified atom stereocenters. The molecule has 0 bridgehead atoms. The zero-order chi connectivity index (χ0) is 12.4. The fraction of sp³-hybridized carbons (Fsp3) is 0.100. The van der Waals surface area contributed by atoms with Crippen LogP contribution in [0.25, 0.3) is 5.82 Å². The van der Waals surface area contributed by atoms with Gasteiger partial charge in [-0.05, 0) is 35.0 Å². The lowest BCUT2D eigenvalue weighted by Gasteiger charge is -2.02. The number of anilines is 1. The van der Waals surface area contributed by atoms with Gasteiger partial charge < -0.3 is 5.11 Å². The molecule has 2 aromatic rings. The third-order valence-corrected chi connectivity index (χ3v) is 2.85. The summed E-state index contributed by atoms with van der Waals surface area (Å²) in [5, 5.41) is 15.0. The second-order valence-electron chi connectivity index (χ2n) is 3.34. The first-order chi connectivity index (χ1) is 8.06. The molecule has 0 saturated carbocycles. The van der Waals surface area contributed by atoms with Crippen molar-refractivity contribution in [2.45, 2.75) is 6.92 Å². The van der Waals surface area contributed by atoms with Crippen LogP contribution in [-0.2, 0) is 0 Å². The summed E-state index contributed by atoms with van der Waals surface area (Å²) in [7, 11) is 0. The van der Waals surface area contributed by atoms with Crippen LogP contribution in [0.2, 0.25) is 0 Å². The normalized spacial score (nSPS) is 10.2. The number of pyridine rings is 1. The van der Waals surface area contributed by atoms with Crippen LogP contribution in [-0.4, -0.2) is 26.0 Å². The van der Waals surface area contributed by atoms with Crippen molar-refractivity contribution in [2.24, 2.45) is 0 Å². The van der Waals surface area contributed by atoms with Crippen molar-refractivity contribution >= 4 is 27.7 Å². The summed E-state index contributed by atoms with van der Waals surface area (Å²) in [6.07, 6.45) is 2.12. The van der Waals surface area contributed by atoms with Gasteiger partial charge in [0.25, 0.3) is 0 Å². The fourth-order valence-electron chi connectivity index (χ4n) is 1.28. The quantitative estimate of drug-likeness (QED) is 0.892. The number of hydrogen-bond acceptors (Lipinski definition) is 3. The van der Waals surface area contributed by atoms with Crippen molar-refractivity contribution in [3.05, 3.63) is 34.7 Å². The van der Waals surface area contributed by atoms with E-state index in [4.69, 9.17) is 5.11 Å². The number of carboxylic acid groups (broad SMARTS) is 1. The van der Waals surface area contributed by atoms with E-state index in [1.165, 1.54) is 6.20 Å². The molecule has 88 valence electrons. The van der Waals surface area contributed by atoms with E-state index in [0.717, 1.165) is 10.2 Å². The number of nitrogens with zero attached hydrogens (tertiary/aromatic N) is 3. The van der Waals surface area contributed by atoms with Gasteiger partial charge in [-0.2, -0.15) is 5.10 Å². The molecule has 1 amide bonds. The number of hydrogen-bond donors (Lipinski definition) is 2. The zero-order valence-electron chi connectivity index (χ0n) is 8.88. The molecule has 2 N–H and O–H groups in total. The van der Waals surface area contributed by atoms with E-state index in [1.807, 2.05) is 6.92 Å². The second kappa shape index (κ2) is 4.54. The van der Waals surface area contributed by atoms with Crippen LogP contribution >= 0.6 is 15.9 Å². The molecule has 0 saturated heterocycles. The Morgan fingerprint density at radius 3 is 2.76 bits per heavy atom. The van der Waals surface area contributed by atoms with E-state index in [-0.39, 0.29) is 0 Å². The number of halogens is 1. The predicted molar refractivity (Wildman–Crippen MR) is 65.4 cm³/mol. The fourth-order valence-corrected chi connectivity index (χ4v) is 1.55. The van der Waals surface area contributed by atoms with Crippen molar-refractivity contribution < 1.29 is 9.90 Å². The maximum atomic E-state index is 10.4. The molecule has 0 aromatic carbocycles. The molecule has 0 atom stereocenters. The maximum Gasteiger partial charge on any atom is 0.409 e. The molecule has 2 heterocycles. The Morgan fingerprint density at radius 1 is 1.53 bits per heavy atom. The highest BCUT2D eigenvalue weighted by atomic mass is 79.9. The molecule has 0 aliphatic carbocycles. The lowest BCUT2D eigenvalue weighted by atomic mass is 10.4. The summed E-state index contributed by atoms with van der Waals surface area (Å²) in [6.45, 7) is 1.88. The second-order valence-corrected chi connectivity index (χ2v) is 4.20. The Labute approximate surface area is 105 Å². The Hall–Kier alpha value is -1.89. The molecule has 0 radical (unpaired) electrons. The Balaban J connectivity index is 2.26. The zero-order valence-corrected chi connectivity index (χ0v) is 10.5. The minimum Gasteiger partial charge on any atom is -0.465 e. The highest BCUT2D eigenvalue weighted by Crippen LogP contribution is 2.16. The van der Waals surface area contributed by atoms with Gasteiger partial charge in [0.2, 0.25) is 0 Å². The van der Waals surface area contributed by atoms with Crippen LogP contribution in [0.3, 0.4) is 0 Å². The van der Waals surface area contributed by atoms with Gasteiger partial charge >= 0.3 is 6.09 Å². The highest BCUT2D eigenvalue weighted by molar-refractivity contribution is 9.10. The molecule has 2 rings (SSSR count). The Kier molecular flexibility index (Phi) is 3.10. The van der Waals surface area contributed by atoms with Crippen LogP contribution in [0, 0.1) is 6.92 Å². The van der Waals surface area contributed by atoms with Gasteiger partial charge in [-0.25, -0.2) is 14.5 Å². The van der Waals surface area contributed by atoms with Gasteiger partial charge in [-0.3, -0.25) is 5.32 Å². The van der Waals surface area contributed by atoms with Crippen LogP contribution in [0.5, 0.6) is 0 Å². The van der Waals surface area contributed by atoms with E-state index < -0.39 is 6.09 Å². The lowest BCUT2D eigenvalue weighted by molar-refractivity contribution is 0.209. The Morgan fingerprint density at radius 2 is 2.29 bits per heavy atom. The number of nitrogens with one attached hydrogen (secondary N) is 1. The molecular formula is C10H9BrN4O2. The smallest absolute Gasteiger partial charge is 0.409 e. The van der Waals surface area contributed by atoms with E-state index in [9.17, 15) is 4.79 Å². The first kappa shape index (κ1) is 11.6. The molecule has 2 aromatic heterocycles. The first-order valence-corrected chi connectivity index (χ1v) is 5.53. The number of aryl methyl sites for hydroxylation is 1. The van der Waals surface area contributed by atoms with E-state index >= 15 is 0 Å². The van der Waals surface area contributed by atoms with Gasteiger partial charge in [0.05, 0.1) is 22.1 Å². The average Bonchev–Trinajstić information content (AvgIpc) is 2.59. The summed E-state index contributed by atoms with van der Waals surface area (Å²) >= 11 is 3.36. The van der Waals surface area contributed by atoms with Crippen LogP contribution < -0.4 is 5.32 Å². The van der Waals surface area contributed by atoms with Gasteiger partial charge in [-0.15, -0.1) is 0 Å². The third-order valence-electron chi connectivity index (χ3n) is 2.07. The lowest BCUT2D eigenvalue weighted by Crippen LogP contribution is -2.08. The highest BCUT2D eigenvalue weighted by Gasteiger charge is 2.05. The van der Waals surface area contributed by atoms with Crippen molar-refractivity contribution in [3.8, 4) is 5.82 Å². The van der Waals surface area contributed by atoms with Crippen molar-refractivity contribution in [3.63, 3.8) is 0 Å². The Bertz CT molecular complexity index is 530. The molecule has 6 nitrogen and oxygen atoms in total. The third kappa shape index (κ3) is 2.62. The van der Waals surface area contributed by atoms with E-state index in [2.05, 4.69) is 31.3 Å². The summed E-state index contributed by atoms with van der Waals surface area (Å²) in [6, 6.07) is 3.31. The molecule has 0 fully saturated rings. The summed E-state index contributed by atoms with van der Waals surface area (Å²) in [4.78, 5) is 14.5.